The molecule has 0 unspecified atom stereocenters. The Morgan fingerprint density at radius 2 is 1.39 bits per heavy atom. The highest BCUT2D eigenvalue weighted by atomic mass is 15.0. The van der Waals surface area contributed by atoms with E-state index in [1.54, 1.807) is 0 Å². The van der Waals surface area contributed by atoms with E-state index in [0.717, 1.165) is 16.7 Å². The molecule has 0 atom stereocenters. The van der Waals surface area contributed by atoms with E-state index in [-0.39, 0.29) is 0 Å². The van der Waals surface area contributed by atoms with Gasteiger partial charge in [0.15, 0.2) is 0 Å². The molecule has 6 aromatic rings. The number of aromatic amines is 1. The van der Waals surface area contributed by atoms with E-state index in [9.17, 15) is 0 Å². The molecule has 0 fully saturated rings. The molecule has 0 amide bonds. The minimum atomic E-state index is 0.670. The van der Waals surface area contributed by atoms with Gasteiger partial charge >= 0.3 is 0 Å². The van der Waals surface area contributed by atoms with E-state index in [2.05, 4.69) is 76.3 Å². The lowest BCUT2D eigenvalue weighted by molar-refractivity contribution is 1.18. The number of nitrogens with one attached hydrogen (secondary N) is 1. The molecule has 28 heavy (non-hydrogen) atoms. The lowest BCUT2D eigenvalue weighted by atomic mass is 10.1. The Morgan fingerprint density at radius 1 is 0.643 bits per heavy atom. The van der Waals surface area contributed by atoms with E-state index < -0.39 is 0 Å². The second kappa shape index (κ2) is 5.48. The fourth-order valence-electron chi connectivity index (χ4n) is 4.28. The monoisotopic (exact) mass is 357 g/mol. The zero-order chi connectivity index (χ0) is 18.7. The summed E-state index contributed by atoms with van der Waals surface area (Å²) in [6, 6.07) is 31.4. The van der Waals surface area contributed by atoms with Gasteiger partial charge in [0.05, 0.1) is 22.7 Å². The van der Waals surface area contributed by atoms with Crippen molar-refractivity contribution in [2.75, 3.05) is 0 Å². The van der Waals surface area contributed by atoms with Crippen LogP contribution in [0.2, 0.25) is 0 Å². The Morgan fingerprint density at radius 3 is 2.21 bits per heavy atom. The standard InChI is InChI=1S/C25H15N3/c26-15-16-9-11-17(12-10-16)28-24-8-4-2-6-19(24)21-13-23-20(14-25(21)28)18-5-1-3-7-22(18)27-23/h1-14,27H. The summed E-state index contributed by atoms with van der Waals surface area (Å²) >= 11 is 0. The number of rotatable bonds is 1. The third-order valence-electron chi connectivity index (χ3n) is 5.55. The molecule has 0 aliphatic heterocycles. The van der Waals surface area contributed by atoms with Gasteiger partial charge in [-0.25, -0.2) is 0 Å². The minimum absolute atomic E-state index is 0.670. The maximum atomic E-state index is 9.14. The third kappa shape index (κ3) is 1.97. The second-order valence-corrected chi connectivity index (χ2v) is 7.10. The highest BCUT2D eigenvalue weighted by Crippen LogP contribution is 2.36. The quantitative estimate of drug-likeness (QED) is 0.369. The van der Waals surface area contributed by atoms with Crippen molar-refractivity contribution in [1.82, 2.24) is 9.55 Å². The van der Waals surface area contributed by atoms with E-state index in [0.29, 0.717) is 5.56 Å². The molecule has 130 valence electrons. The molecule has 1 N–H and O–H groups in total. The zero-order valence-electron chi connectivity index (χ0n) is 15.0. The van der Waals surface area contributed by atoms with Crippen molar-refractivity contribution in [2.24, 2.45) is 0 Å². The first kappa shape index (κ1) is 15.1. The topological polar surface area (TPSA) is 44.5 Å². The molecule has 3 nitrogen and oxygen atoms in total. The summed E-state index contributed by atoms with van der Waals surface area (Å²) in [6.07, 6.45) is 0. The van der Waals surface area contributed by atoms with Crippen LogP contribution in [0, 0.1) is 11.3 Å². The van der Waals surface area contributed by atoms with E-state index in [4.69, 9.17) is 5.26 Å². The molecule has 2 heterocycles. The van der Waals surface area contributed by atoms with E-state index in [1.165, 1.54) is 32.6 Å². The van der Waals surface area contributed by atoms with Crippen molar-refractivity contribution < 1.29 is 0 Å². The molecule has 0 bridgehead atoms. The van der Waals surface area contributed by atoms with Crippen LogP contribution in [0.25, 0.3) is 49.3 Å². The van der Waals surface area contributed by atoms with Gasteiger partial charge in [0.2, 0.25) is 0 Å². The number of hydrogen-bond donors (Lipinski definition) is 1. The number of fused-ring (bicyclic) bond motifs is 6. The van der Waals surface area contributed by atoms with Crippen LogP contribution in [0.15, 0.2) is 84.9 Å². The van der Waals surface area contributed by atoms with Crippen LogP contribution >= 0.6 is 0 Å². The Kier molecular flexibility index (Phi) is 2.95. The summed E-state index contributed by atoms with van der Waals surface area (Å²) < 4.78 is 2.28. The van der Waals surface area contributed by atoms with Crippen LogP contribution in [0.3, 0.4) is 0 Å². The van der Waals surface area contributed by atoms with Crippen LogP contribution in [0.4, 0.5) is 0 Å². The van der Waals surface area contributed by atoms with Gasteiger partial charge in [0.25, 0.3) is 0 Å². The van der Waals surface area contributed by atoms with Crippen LogP contribution in [0.5, 0.6) is 0 Å². The van der Waals surface area contributed by atoms with E-state index in [1.807, 2.05) is 24.3 Å². The number of hydrogen-bond acceptors (Lipinski definition) is 1. The molecule has 3 heteroatoms. The Balaban J connectivity index is 1.79. The van der Waals surface area contributed by atoms with Gasteiger partial charge in [-0.2, -0.15) is 5.26 Å². The minimum Gasteiger partial charge on any atom is -0.354 e. The van der Waals surface area contributed by atoms with Gasteiger partial charge < -0.3 is 9.55 Å². The summed E-state index contributed by atoms with van der Waals surface area (Å²) in [4.78, 5) is 3.55. The third-order valence-corrected chi connectivity index (χ3v) is 5.55. The first-order valence-corrected chi connectivity index (χ1v) is 9.28. The number of benzene rings is 4. The molecular weight excluding hydrogens is 342 g/mol. The van der Waals surface area contributed by atoms with Gasteiger partial charge in [-0.3, -0.25) is 0 Å². The van der Waals surface area contributed by atoms with Gasteiger partial charge in [-0.1, -0.05) is 36.4 Å². The lowest BCUT2D eigenvalue weighted by Gasteiger charge is -2.08. The van der Waals surface area contributed by atoms with Gasteiger partial charge in [-0.05, 0) is 48.5 Å². The number of H-pyrrole nitrogens is 1. The van der Waals surface area contributed by atoms with Crippen LogP contribution in [-0.4, -0.2) is 9.55 Å². The summed E-state index contributed by atoms with van der Waals surface area (Å²) in [7, 11) is 0. The smallest absolute Gasteiger partial charge is 0.0991 e. The maximum absolute atomic E-state index is 9.14. The van der Waals surface area contributed by atoms with E-state index >= 15 is 0 Å². The van der Waals surface area contributed by atoms with Crippen molar-refractivity contribution >= 4 is 43.6 Å². The fraction of sp³-hybridized carbons (Fsp3) is 0. The van der Waals surface area contributed by atoms with Gasteiger partial charge in [0.1, 0.15) is 0 Å². The van der Waals surface area contributed by atoms with Crippen molar-refractivity contribution in [3.8, 4) is 11.8 Å². The largest absolute Gasteiger partial charge is 0.354 e. The SMILES string of the molecule is N#Cc1ccc(-n2c3ccccc3c3cc4[nH]c5ccccc5c4cc32)cc1. The maximum Gasteiger partial charge on any atom is 0.0991 e. The van der Waals surface area contributed by atoms with Crippen molar-refractivity contribution in [3.05, 3.63) is 90.5 Å². The molecule has 0 saturated heterocycles. The molecule has 4 aromatic carbocycles. The van der Waals surface area contributed by atoms with Crippen LogP contribution in [0.1, 0.15) is 5.56 Å². The molecule has 0 radical (unpaired) electrons. The first-order valence-electron chi connectivity index (χ1n) is 9.28. The second-order valence-electron chi connectivity index (χ2n) is 7.10. The van der Waals surface area contributed by atoms with Crippen LogP contribution in [-0.2, 0) is 0 Å². The Bertz CT molecular complexity index is 1560. The Labute approximate surface area is 161 Å². The van der Waals surface area contributed by atoms with Gasteiger partial charge in [0, 0.05) is 38.3 Å². The molecular formula is C25H15N3. The number of aromatic nitrogens is 2. The molecule has 0 aliphatic rings. The average Bonchev–Trinajstić information content (AvgIpc) is 3.27. The highest BCUT2D eigenvalue weighted by Gasteiger charge is 2.14. The molecule has 0 saturated carbocycles. The summed E-state index contributed by atoms with van der Waals surface area (Å²) in [5.41, 5.74) is 6.37. The summed E-state index contributed by atoms with van der Waals surface area (Å²) in [5.74, 6) is 0. The average molecular weight is 357 g/mol. The van der Waals surface area contributed by atoms with Crippen molar-refractivity contribution in [1.29, 1.82) is 5.26 Å². The number of para-hydroxylation sites is 2. The van der Waals surface area contributed by atoms with Crippen molar-refractivity contribution in [2.45, 2.75) is 0 Å². The normalized spacial score (nSPS) is 11.5. The fourth-order valence-corrected chi connectivity index (χ4v) is 4.28. The zero-order valence-corrected chi connectivity index (χ0v) is 15.0. The predicted molar refractivity (Wildman–Crippen MR) is 115 cm³/mol. The first-order chi connectivity index (χ1) is 13.8. The number of nitriles is 1. The molecule has 0 aliphatic carbocycles. The molecule has 0 spiro atoms. The predicted octanol–water partition coefficient (Wildman–Crippen LogP) is 6.29. The molecule has 6 rings (SSSR count). The number of nitrogens with zero attached hydrogens (tertiary/aromatic N) is 2. The van der Waals surface area contributed by atoms with Crippen LogP contribution < -0.4 is 0 Å². The lowest BCUT2D eigenvalue weighted by Crippen LogP contribution is -1.93. The van der Waals surface area contributed by atoms with Crippen molar-refractivity contribution in [3.63, 3.8) is 0 Å². The highest BCUT2D eigenvalue weighted by molar-refractivity contribution is 6.18. The summed E-state index contributed by atoms with van der Waals surface area (Å²) in [6.45, 7) is 0. The molecule has 2 aromatic heterocycles. The van der Waals surface area contributed by atoms with Gasteiger partial charge in [-0.15, -0.1) is 0 Å². The summed E-state index contributed by atoms with van der Waals surface area (Å²) in [5, 5.41) is 14.0. The Hall–Kier alpha value is -4.03.